The zero-order chi connectivity index (χ0) is 22.3. The lowest BCUT2D eigenvalue weighted by Crippen LogP contribution is -2.31. The van der Waals surface area contributed by atoms with Crippen molar-refractivity contribution >= 4 is 29.2 Å². The molecule has 0 unspecified atom stereocenters. The van der Waals surface area contributed by atoms with E-state index in [0.29, 0.717) is 36.1 Å². The SMILES string of the molecule is O=C(CCCC(=O)N1CCC[C@@H]1c1ccnc(-c2cccc(Cl)c2)n1)Nc1ccccn1. The Hall–Kier alpha value is -3.32. The fraction of sp³-hybridized carbons (Fsp3) is 0.292. The Morgan fingerprint density at radius 1 is 1.06 bits per heavy atom. The molecule has 0 aliphatic carbocycles. The number of aromatic nitrogens is 3. The van der Waals surface area contributed by atoms with Crippen LogP contribution >= 0.6 is 11.6 Å². The van der Waals surface area contributed by atoms with Crippen LogP contribution in [0.15, 0.2) is 60.9 Å². The van der Waals surface area contributed by atoms with Gasteiger partial charge in [-0.1, -0.05) is 29.8 Å². The van der Waals surface area contributed by atoms with Gasteiger partial charge in [0, 0.05) is 42.4 Å². The smallest absolute Gasteiger partial charge is 0.225 e. The maximum absolute atomic E-state index is 12.9. The Morgan fingerprint density at radius 3 is 2.78 bits per heavy atom. The Balaban J connectivity index is 1.35. The van der Waals surface area contributed by atoms with Crippen LogP contribution < -0.4 is 5.32 Å². The zero-order valence-electron chi connectivity index (χ0n) is 17.6. The van der Waals surface area contributed by atoms with Crippen molar-refractivity contribution in [3.8, 4) is 11.4 Å². The minimum absolute atomic E-state index is 0.0426. The molecule has 0 saturated carbocycles. The molecular formula is C24H24ClN5O2. The number of amides is 2. The number of halogens is 1. The molecular weight excluding hydrogens is 426 g/mol. The van der Waals surface area contributed by atoms with E-state index in [1.54, 1.807) is 24.5 Å². The maximum Gasteiger partial charge on any atom is 0.225 e. The minimum atomic E-state index is -0.142. The third-order valence-corrected chi connectivity index (χ3v) is 5.64. The molecule has 1 aromatic carbocycles. The van der Waals surface area contributed by atoms with Crippen molar-refractivity contribution in [3.05, 3.63) is 71.6 Å². The van der Waals surface area contributed by atoms with Crippen molar-refractivity contribution in [2.45, 2.75) is 38.1 Å². The van der Waals surface area contributed by atoms with Crippen LogP contribution in [-0.2, 0) is 9.59 Å². The number of hydrogen-bond acceptors (Lipinski definition) is 5. The number of nitrogens with zero attached hydrogens (tertiary/aromatic N) is 4. The summed E-state index contributed by atoms with van der Waals surface area (Å²) in [5.41, 5.74) is 1.67. The second-order valence-corrected chi connectivity index (χ2v) is 8.11. The van der Waals surface area contributed by atoms with E-state index in [2.05, 4.69) is 15.3 Å². The Bertz CT molecular complexity index is 1090. The van der Waals surface area contributed by atoms with Crippen LogP contribution in [0.2, 0.25) is 5.02 Å². The lowest BCUT2D eigenvalue weighted by atomic mass is 10.1. The molecule has 2 amide bonds. The number of likely N-dealkylation sites (tertiary alicyclic amines) is 1. The summed E-state index contributed by atoms with van der Waals surface area (Å²) in [4.78, 5) is 40.0. The fourth-order valence-corrected chi connectivity index (χ4v) is 4.07. The lowest BCUT2D eigenvalue weighted by molar-refractivity contribution is -0.132. The van der Waals surface area contributed by atoms with Gasteiger partial charge in [0.2, 0.25) is 11.8 Å². The highest BCUT2D eigenvalue weighted by Crippen LogP contribution is 2.32. The van der Waals surface area contributed by atoms with Gasteiger partial charge in [-0.3, -0.25) is 9.59 Å². The summed E-state index contributed by atoms with van der Waals surface area (Å²) < 4.78 is 0. The standard InChI is InChI=1S/C24H24ClN5O2/c25-18-7-3-6-17(16-18)24-27-14-12-19(28-24)20-8-5-15-30(20)23(32)11-4-10-22(31)29-21-9-1-2-13-26-21/h1-3,6-7,9,12-14,16,20H,4-5,8,10-11,15H2,(H,26,29,31)/t20-/m1/s1. The highest BCUT2D eigenvalue weighted by Gasteiger charge is 2.30. The predicted molar refractivity (Wildman–Crippen MR) is 123 cm³/mol. The summed E-state index contributed by atoms with van der Waals surface area (Å²) in [5.74, 6) is 1.01. The summed E-state index contributed by atoms with van der Waals surface area (Å²) in [6, 6.07) is 14.5. The number of hydrogen-bond donors (Lipinski definition) is 1. The summed E-state index contributed by atoms with van der Waals surface area (Å²) >= 11 is 6.10. The third-order valence-electron chi connectivity index (χ3n) is 5.40. The van der Waals surface area contributed by atoms with Crippen molar-refractivity contribution in [1.82, 2.24) is 19.9 Å². The quantitative estimate of drug-likeness (QED) is 0.566. The summed E-state index contributed by atoms with van der Waals surface area (Å²) in [6.45, 7) is 0.695. The van der Waals surface area contributed by atoms with E-state index in [9.17, 15) is 9.59 Å². The molecule has 0 spiro atoms. The molecule has 3 aromatic rings. The first-order valence-electron chi connectivity index (χ1n) is 10.7. The first-order valence-corrected chi connectivity index (χ1v) is 11.1. The Morgan fingerprint density at radius 2 is 1.97 bits per heavy atom. The van der Waals surface area contributed by atoms with Crippen molar-refractivity contribution in [2.24, 2.45) is 0 Å². The molecule has 164 valence electrons. The highest BCUT2D eigenvalue weighted by molar-refractivity contribution is 6.30. The lowest BCUT2D eigenvalue weighted by Gasteiger charge is -2.24. The van der Waals surface area contributed by atoms with Crippen LogP contribution in [-0.4, -0.2) is 38.2 Å². The van der Waals surface area contributed by atoms with Gasteiger partial charge < -0.3 is 10.2 Å². The van der Waals surface area contributed by atoms with Gasteiger partial charge in [0.25, 0.3) is 0 Å². The van der Waals surface area contributed by atoms with E-state index < -0.39 is 0 Å². The van der Waals surface area contributed by atoms with Crippen LogP contribution in [0.1, 0.15) is 43.8 Å². The van der Waals surface area contributed by atoms with Gasteiger partial charge >= 0.3 is 0 Å². The average Bonchev–Trinajstić information content (AvgIpc) is 3.30. The van der Waals surface area contributed by atoms with E-state index in [1.807, 2.05) is 41.3 Å². The van der Waals surface area contributed by atoms with E-state index in [1.165, 1.54) is 0 Å². The average molecular weight is 450 g/mol. The zero-order valence-corrected chi connectivity index (χ0v) is 18.3. The monoisotopic (exact) mass is 449 g/mol. The molecule has 4 rings (SSSR count). The third kappa shape index (κ3) is 5.48. The van der Waals surface area contributed by atoms with Crippen molar-refractivity contribution in [1.29, 1.82) is 0 Å². The number of carbonyl (C=O) groups is 2. The minimum Gasteiger partial charge on any atom is -0.334 e. The van der Waals surface area contributed by atoms with Crippen LogP contribution in [0.5, 0.6) is 0 Å². The normalized spacial score (nSPS) is 15.5. The van der Waals surface area contributed by atoms with Crippen molar-refractivity contribution in [2.75, 3.05) is 11.9 Å². The van der Waals surface area contributed by atoms with Gasteiger partial charge in [0.1, 0.15) is 5.82 Å². The van der Waals surface area contributed by atoms with E-state index >= 15 is 0 Å². The van der Waals surface area contributed by atoms with Crippen molar-refractivity contribution in [3.63, 3.8) is 0 Å². The summed E-state index contributed by atoms with van der Waals surface area (Å²) in [6.07, 6.45) is 6.20. The van der Waals surface area contributed by atoms with Gasteiger partial charge in [-0.2, -0.15) is 0 Å². The van der Waals surface area contributed by atoms with E-state index in [4.69, 9.17) is 16.6 Å². The number of anilines is 1. The molecule has 1 aliphatic heterocycles. The molecule has 32 heavy (non-hydrogen) atoms. The van der Waals surface area contributed by atoms with Crippen LogP contribution in [0.3, 0.4) is 0 Å². The molecule has 0 bridgehead atoms. The van der Waals surface area contributed by atoms with Gasteiger partial charge in [-0.25, -0.2) is 15.0 Å². The molecule has 0 radical (unpaired) electrons. The Kier molecular flexibility index (Phi) is 7.07. The van der Waals surface area contributed by atoms with Crippen molar-refractivity contribution < 1.29 is 9.59 Å². The molecule has 1 N–H and O–H groups in total. The van der Waals surface area contributed by atoms with E-state index in [-0.39, 0.29) is 24.3 Å². The van der Waals surface area contributed by atoms with Gasteiger partial charge in [-0.15, -0.1) is 0 Å². The van der Waals surface area contributed by atoms with Crippen LogP contribution in [0.25, 0.3) is 11.4 Å². The molecule has 1 atom stereocenters. The second-order valence-electron chi connectivity index (χ2n) is 7.68. The molecule has 1 aliphatic rings. The maximum atomic E-state index is 12.9. The second kappa shape index (κ2) is 10.3. The number of rotatable bonds is 7. The van der Waals surface area contributed by atoms with Gasteiger partial charge in [0.15, 0.2) is 5.82 Å². The number of benzene rings is 1. The molecule has 2 aromatic heterocycles. The molecule has 3 heterocycles. The molecule has 8 heteroatoms. The first kappa shape index (κ1) is 21.9. The number of carbonyl (C=O) groups excluding carboxylic acids is 2. The van der Waals surface area contributed by atoms with Gasteiger partial charge in [-0.05, 0) is 49.6 Å². The fourth-order valence-electron chi connectivity index (χ4n) is 3.88. The van der Waals surface area contributed by atoms with Crippen LogP contribution in [0.4, 0.5) is 5.82 Å². The largest absolute Gasteiger partial charge is 0.334 e. The molecule has 1 saturated heterocycles. The molecule has 7 nitrogen and oxygen atoms in total. The highest BCUT2D eigenvalue weighted by atomic mass is 35.5. The van der Waals surface area contributed by atoms with Gasteiger partial charge in [0.05, 0.1) is 11.7 Å². The topological polar surface area (TPSA) is 88.1 Å². The molecule has 1 fully saturated rings. The summed E-state index contributed by atoms with van der Waals surface area (Å²) in [7, 11) is 0. The van der Waals surface area contributed by atoms with E-state index in [0.717, 1.165) is 24.1 Å². The van der Waals surface area contributed by atoms with Crippen LogP contribution in [0, 0.1) is 0 Å². The Labute approximate surface area is 191 Å². The first-order chi connectivity index (χ1) is 15.6. The summed E-state index contributed by atoms with van der Waals surface area (Å²) in [5, 5.41) is 3.37. The number of nitrogens with one attached hydrogen (secondary N) is 1. The predicted octanol–water partition coefficient (Wildman–Crippen LogP) is 4.66. The number of pyridine rings is 1.